The van der Waals surface area contributed by atoms with E-state index in [0.717, 1.165) is 0 Å². The first-order valence-corrected chi connectivity index (χ1v) is 3.64. The highest BCUT2D eigenvalue weighted by Gasteiger charge is 2.11. The molecule has 1 aromatic heterocycles. The zero-order chi connectivity index (χ0) is 9.14. The number of aliphatic hydroxyl groups is 1. The first-order valence-electron chi connectivity index (χ1n) is 3.64. The quantitative estimate of drug-likeness (QED) is 0.824. The summed E-state index contributed by atoms with van der Waals surface area (Å²) in [4.78, 5) is 3.88. The first-order chi connectivity index (χ1) is 5.65. The highest BCUT2D eigenvalue weighted by Crippen LogP contribution is 2.11. The van der Waals surface area contributed by atoms with Crippen molar-refractivity contribution in [2.24, 2.45) is 5.73 Å². The van der Waals surface area contributed by atoms with Crippen LogP contribution in [0, 0.1) is 12.7 Å². The molecule has 0 aliphatic carbocycles. The Bertz CT molecular complexity index is 286. The molecule has 14 heavy (non-hydrogen) atoms. The topological polar surface area (TPSA) is 59.1 Å². The van der Waals surface area contributed by atoms with Crippen LogP contribution in [0.15, 0.2) is 12.1 Å². The van der Waals surface area contributed by atoms with Crippen molar-refractivity contribution in [3.63, 3.8) is 0 Å². The minimum atomic E-state index is -0.732. The summed E-state index contributed by atoms with van der Waals surface area (Å²) in [5, 5.41) is 8.67. The lowest BCUT2D eigenvalue weighted by Crippen LogP contribution is -2.18. The highest BCUT2D eigenvalue weighted by atomic mass is 35.5. The summed E-state index contributed by atoms with van der Waals surface area (Å²) in [6, 6.07) is 2.13. The normalized spacial score (nSPS) is 11.1. The number of halogens is 3. The Labute approximate surface area is 94.4 Å². The Morgan fingerprint density at radius 2 is 2.07 bits per heavy atom. The maximum Gasteiger partial charge on any atom is 0.146 e. The van der Waals surface area contributed by atoms with E-state index in [9.17, 15) is 4.39 Å². The molecule has 0 saturated heterocycles. The van der Waals surface area contributed by atoms with E-state index in [2.05, 4.69) is 4.98 Å². The third-order valence-corrected chi connectivity index (χ3v) is 1.56. The van der Waals surface area contributed by atoms with Crippen LogP contribution in [0.3, 0.4) is 0 Å². The van der Waals surface area contributed by atoms with Gasteiger partial charge in [-0.25, -0.2) is 4.39 Å². The second-order valence-electron chi connectivity index (χ2n) is 2.61. The number of pyridine rings is 1. The van der Waals surface area contributed by atoms with Crippen molar-refractivity contribution in [1.29, 1.82) is 0 Å². The minimum Gasteiger partial charge on any atom is -0.394 e. The molecule has 6 heteroatoms. The summed E-state index contributed by atoms with van der Waals surface area (Å²) in [6.07, 6.45) is 0. The van der Waals surface area contributed by atoms with Gasteiger partial charge in [-0.15, -0.1) is 24.8 Å². The summed E-state index contributed by atoms with van der Waals surface area (Å²) < 4.78 is 13.0. The second kappa shape index (κ2) is 6.95. The SMILES string of the molecule is Cc1ccc(F)c(C(N)CO)n1.Cl.Cl. The molecule has 0 aromatic carbocycles. The maximum atomic E-state index is 13.0. The fourth-order valence-corrected chi connectivity index (χ4v) is 0.906. The number of hydrogen-bond donors (Lipinski definition) is 2. The van der Waals surface area contributed by atoms with E-state index in [1.54, 1.807) is 13.0 Å². The van der Waals surface area contributed by atoms with Gasteiger partial charge in [0.1, 0.15) is 5.82 Å². The van der Waals surface area contributed by atoms with Crippen molar-refractivity contribution >= 4 is 24.8 Å². The molecule has 0 fully saturated rings. The van der Waals surface area contributed by atoms with E-state index >= 15 is 0 Å². The summed E-state index contributed by atoms with van der Waals surface area (Å²) >= 11 is 0. The summed E-state index contributed by atoms with van der Waals surface area (Å²) in [5.41, 5.74) is 6.22. The Hall–Kier alpha value is -0.420. The number of aryl methyl sites for hydroxylation is 1. The molecule has 3 nitrogen and oxygen atoms in total. The first kappa shape index (κ1) is 16.0. The lowest BCUT2D eigenvalue weighted by molar-refractivity contribution is 0.262. The van der Waals surface area contributed by atoms with Crippen LogP contribution in [0.2, 0.25) is 0 Å². The number of rotatable bonds is 2. The van der Waals surface area contributed by atoms with Crippen molar-refractivity contribution in [2.75, 3.05) is 6.61 Å². The monoisotopic (exact) mass is 242 g/mol. The molecule has 1 unspecified atom stereocenters. The molecule has 0 aliphatic rings. The predicted molar refractivity (Wildman–Crippen MR) is 57.4 cm³/mol. The van der Waals surface area contributed by atoms with Crippen LogP contribution in [0.4, 0.5) is 4.39 Å². The van der Waals surface area contributed by atoms with Crippen LogP contribution in [0.5, 0.6) is 0 Å². The Kier molecular flexibility index (Phi) is 7.96. The summed E-state index contributed by atoms with van der Waals surface area (Å²) in [5.74, 6) is -0.470. The highest BCUT2D eigenvalue weighted by molar-refractivity contribution is 5.85. The molecule has 82 valence electrons. The molecule has 0 spiro atoms. The van der Waals surface area contributed by atoms with Crippen molar-refractivity contribution in [2.45, 2.75) is 13.0 Å². The number of nitrogens with two attached hydrogens (primary N) is 1. The number of aromatic nitrogens is 1. The van der Waals surface area contributed by atoms with Crippen molar-refractivity contribution in [3.05, 3.63) is 29.3 Å². The molecule has 1 rings (SSSR count). The molecular formula is C8H13Cl2FN2O. The molecule has 1 aromatic rings. The van der Waals surface area contributed by atoms with Gasteiger partial charge in [-0.2, -0.15) is 0 Å². The van der Waals surface area contributed by atoms with Crippen LogP contribution in [-0.2, 0) is 0 Å². The third kappa shape index (κ3) is 3.75. The Morgan fingerprint density at radius 3 is 2.57 bits per heavy atom. The molecule has 0 radical (unpaired) electrons. The van der Waals surface area contributed by atoms with Crippen molar-refractivity contribution in [3.8, 4) is 0 Å². The minimum absolute atomic E-state index is 0. The van der Waals surface area contributed by atoms with Gasteiger partial charge in [0.2, 0.25) is 0 Å². The number of nitrogens with zero attached hydrogens (tertiary/aromatic N) is 1. The van der Waals surface area contributed by atoms with Gasteiger partial charge in [0.25, 0.3) is 0 Å². The second-order valence-corrected chi connectivity index (χ2v) is 2.61. The van der Waals surface area contributed by atoms with Crippen LogP contribution in [0.1, 0.15) is 17.4 Å². The molecule has 1 atom stereocenters. The Morgan fingerprint density at radius 1 is 1.50 bits per heavy atom. The molecule has 0 aliphatic heterocycles. The lowest BCUT2D eigenvalue weighted by atomic mass is 10.2. The largest absolute Gasteiger partial charge is 0.394 e. The lowest BCUT2D eigenvalue weighted by Gasteiger charge is -2.08. The van der Waals surface area contributed by atoms with Gasteiger partial charge in [0.15, 0.2) is 0 Å². The maximum absolute atomic E-state index is 13.0. The van der Waals surface area contributed by atoms with E-state index in [1.807, 2.05) is 0 Å². The van der Waals surface area contributed by atoms with Crippen LogP contribution < -0.4 is 5.73 Å². The van der Waals surface area contributed by atoms with Gasteiger partial charge in [-0.05, 0) is 19.1 Å². The molecule has 0 saturated carbocycles. The molecule has 0 amide bonds. The fraction of sp³-hybridized carbons (Fsp3) is 0.375. The van der Waals surface area contributed by atoms with E-state index in [0.29, 0.717) is 5.69 Å². The van der Waals surface area contributed by atoms with E-state index < -0.39 is 11.9 Å². The third-order valence-electron chi connectivity index (χ3n) is 1.56. The smallest absolute Gasteiger partial charge is 0.146 e. The zero-order valence-electron chi connectivity index (χ0n) is 7.61. The van der Waals surface area contributed by atoms with Gasteiger partial charge in [0, 0.05) is 5.69 Å². The Balaban J connectivity index is 0. The van der Waals surface area contributed by atoms with Crippen LogP contribution in [-0.4, -0.2) is 16.7 Å². The summed E-state index contributed by atoms with van der Waals surface area (Å²) in [7, 11) is 0. The van der Waals surface area contributed by atoms with Gasteiger partial charge in [-0.1, -0.05) is 0 Å². The summed E-state index contributed by atoms with van der Waals surface area (Å²) in [6.45, 7) is 1.44. The molecule has 3 N–H and O–H groups in total. The number of hydrogen-bond acceptors (Lipinski definition) is 3. The average molecular weight is 243 g/mol. The van der Waals surface area contributed by atoms with E-state index in [1.165, 1.54) is 6.07 Å². The van der Waals surface area contributed by atoms with Crippen LogP contribution >= 0.6 is 24.8 Å². The van der Waals surface area contributed by atoms with Gasteiger partial charge < -0.3 is 10.8 Å². The van der Waals surface area contributed by atoms with Gasteiger partial charge in [0.05, 0.1) is 18.3 Å². The van der Waals surface area contributed by atoms with E-state index in [-0.39, 0.29) is 37.1 Å². The average Bonchev–Trinajstić information content (AvgIpc) is 2.08. The van der Waals surface area contributed by atoms with Crippen molar-refractivity contribution in [1.82, 2.24) is 4.98 Å². The fourth-order valence-electron chi connectivity index (χ4n) is 0.906. The number of aliphatic hydroxyl groups excluding tert-OH is 1. The van der Waals surface area contributed by atoms with Crippen LogP contribution in [0.25, 0.3) is 0 Å². The zero-order valence-corrected chi connectivity index (χ0v) is 9.24. The molecule has 1 heterocycles. The van der Waals surface area contributed by atoms with Gasteiger partial charge in [-0.3, -0.25) is 4.98 Å². The predicted octanol–water partition coefficient (Wildman–Crippen LogP) is 1.36. The molecular weight excluding hydrogens is 230 g/mol. The molecule has 0 bridgehead atoms. The van der Waals surface area contributed by atoms with Crippen molar-refractivity contribution < 1.29 is 9.50 Å². The van der Waals surface area contributed by atoms with E-state index in [4.69, 9.17) is 10.8 Å². The standard InChI is InChI=1S/C8H11FN2O.2ClH/c1-5-2-3-6(9)8(11-5)7(10)4-12;;/h2-3,7,12H,4,10H2,1H3;2*1H. The van der Waals surface area contributed by atoms with Gasteiger partial charge >= 0.3 is 0 Å².